The summed E-state index contributed by atoms with van der Waals surface area (Å²) in [6.45, 7) is 7.44. The lowest BCUT2D eigenvalue weighted by atomic mass is 10.0. The van der Waals surface area contributed by atoms with Crippen molar-refractivity contribution >= 4 is 23.8 Å². The molecule has 2 N–H and O–H groups in total. The van der Waals surface area contributed by atoms with Crippen molar-refractivity contribution in [2.45, 2.75) is 52.9 Å². The fourth-order valence-electron chi connectivity index (χ4n) is 3.47. The monoisotopic (exact) mass is 482 g/mol. The van der Waals surface area contributed by atoms with Crippen molar-refractivity contribution in [2.24, 2.45) is 0 Å². The molecule has 2 amide bonds. The van der Waals surface area contributed by atoms with Crippen LogP contribution >= 0.6 is 0 Å². The van der Waals surface area contributed by atoms with Crippen LogP contribution in [0.15, 0.2) is 48.2 Å². The van der Waals surface area contributed by atoms with E-state index in [2.05, 4.69) is 19.2 Å². The fourth-order valence-corrected chi connectivity index (χ4v) is 3.47. The minimum Gasteiger partial charge on any atom is -0.493 e. The van der Waals surface area contributed by atoms with Crippen LogP contribution < -0.4 is 15.0 Å². The second-order valence-electron chi connectivity index (χ2n) is 8.25. The summed E-state index contributed by atoms with van der Waals surface area (Å²) in [5, 5.41) is 12.3. The van der Waals surface area contributed by atoms with Crippen molar-refractivity contribution in [3.63, 3.8) is 0 Å². The number of carboxylic acid groups (broad SMARTS) is 1. The van der Waals surface area contributed by atoms with Crippen LogP contribution in [-0.4, -0.2) is 43.9 Å². The molecule has 0 heterocycles. The van der Waals surface area contributed by atoms with Crippen LogP contribution in [0.25, 0.3) is 17.2 Å². The van der Waals surface area contributed by atoms with Crippen molar-refractivity contribution in [2.75, 3.05) is 31.7 Å². The topological polar surface area (TPSA) is 88.1 Å². The summed E-state index contributed by atoms with van der Waals surface area (Å²) in [6.07, 6.45) is 6.55. The maximum absolute atomic E-state index is 12.6. The molecule has 7 heteroatoms. The number of hydrogen-bond acceptors (Lipinski definition) is 4. The smallest absolute Gasteiger partial charge is 0.371 e. The van der Waals surface area contributed by atoms with Gasteiger partial charge in [-0.1, -0.05) is 57.4 Å². The minimum atomic E-state index is -1.12. The van der Waals surface area contributed by atoms with Gasteiger partial charge < -0.3 is 19.9 Å². The largest absolute Gasteiger partial charge is 0.493 e. The third kappa shape index (κ3) is 8.67. The van der Waals surface area contributed by atoms with Gasteiger partial charge in [0, 0.05) is 24.8 Å². The quantitative estimate of drug-likeness (QED) is 0.187. The summed E-state index contributed by atoms with van der Waals surface area (Å²) >= 11 is 0. The van der Waals surface area contributed by atoms with E-state index in [0.717, 1.165) is 48.9 Å². The summed E-state index contributed by atoms with van der Waals surface area (Å²) in [4.78, 5) is 25.6. The normalized spacial score (nSPS) is 11.1. The first-order valence-corrected chi connectivity index (χ1v) is 12.4. The second-order valence-corrected chi connectivity index (χ2v) is 8.25. The highest BCUT2D eigenvalue weighted by Crippen LogP contribution is 2.34. The molecule has 7 nitrogen and oxygen atoms in total. The second kappa shape index (κ2) is 14.7. The highest BCUT2D eigenvalue weighted by molar-refractivity contribution is 5.92. The molecule has 2 aromatic carbocycles. The number of hydrogen-bond donors (Lipinski definition) is 2. The Kier molecular flexibility index (Phi) is 11.7. The number of carbonyl (C=O) groups is 2. The number of nitrogens with zero attached hydrogens (tertiary/aromatic N) is 1. The number of anilines is 1. The number of urea groups is 1. The number of unbranched alkanes of at least 4 members (excludes halogenated alkanes) is 3. The minimum absolute atomic E-state index is 0.117. The molecule has 2 aromatic rings. The van der Waals surface area contributed by atoms with Crippen LogP contribution in [0.5, 0.6) is 5.75 Å². The SMILES string of the molecule is CCCCCNC(=O)N(C)c1cccc(-c2ccc(/C=C(\OCC)C(=O)O)cc2OCCCC)c1. The zero-order valence-electron chi connectivity index (χ0n) is 21.3. The summed E-state index contributed by atoms with van der Waals surface area (Å²) < 4.78 is 11.3. The van der Waals surface area contributed by atoms with Crippen molar-refractivity contribution in [1.29, 1.82) is 0 Å². The van der Waals surface area contributed by atoms with Crippen LogP contribution in [0.2, 0.25) is 0 Å². The Balaban J connectivity index is 2.35. The van der Waals surface area contributed by atoms with Crippen LogP contribution in [0.1, 0.15) is 58.4 Å². The molecule has 0 fully saturated rings. The molecular weight excluding hydrogens is 444 g/mol. The molecule has 2 rings (SSSR count). The number of nitrogens with one attached hydrogen (secondary N) is 1. The predicted octanol–water partition coefficient (Wildman–Crippen LogP) is 6.33. The number of benzene rings is 2. The molecule has 0 aromatic heterocycles. The predicted molar refractivity (Wildman–Crippen MR) is 141 cm³/mol. The van der Waals surface area contributed by atoms with Crippen molar-refractivity contribution < 1.29 is 24.2 Å². The molecule has 0 aliphatic carbocycles. The molecule has 0 radical (unpaired) electrons. The van der Waals surface area contributed by atoms with Gasteiger partial charge >= 0.3 is 12.0 Å². The van der Waals surface area contributed by atoms with Crippen molar-refractivity contribution in [3.8, 4) is 16.9 Å². The average Bonchev–Trinajstić information content (AvgIpc) is 2.86. The van der Waals surface area contributed by atoms with Gasteiger partial charge in [-0.2, -0.15) is 0 Å². The molecule has 0 saturated heterocycles. The van der Waals surface area contributed by atoms with E-state index >= 15 is 0 Å². The van der Waals surface area contributed by atoms with E-state index in [1.54, 1.807) is 18.9 Å². The highest BCUT2D eigenvalue weighted by atomic mass is 16.5. The molecule has 0 bridgehead atoms. The van der Waals surface area contributed by atoms with Crippen LogP contribution in [0.3, 0.4) is 0 Å². The van der Waals surface area contributed by atoms with Crippen LogP contribution in [-0.2, 0) is 9.53 Å². The highest BCUT2D eigenvalue weighted by Gasteiger charge is 2.14. The van der Waals surface area contributed by atoms with E-state index in [-0.39, 0.29) is 18.4 Å². The van der Waals surface area contributed by atoms with Crippen molar-refractivity contribution in [3.05, 3.63) is 53.8 Å². The van der Waals surface area contributed by atoms with Gasteiger partial charge in [0.05, 0.1) is 13.2 Å². The van der Waals surface area contributed by atoms with Crippen LogP contribution in [0.4, 0.5) is 10.5 Å². The Labute approximate surface area is 208 Å². The first-order chi connectivity index (χ1) is 16.9. The van der Waals surface area contributed by atoms with E-state index in [9.17, 15) is 14.7 Å². The maximum Gasteiger partial charge on any atom is 0.371 e. The Morgan fingerprint density at radius 2 is 1.80 bits per heavy atom. The standard InChI is InChI=1S/C28H38N2O5/c1-5-8-10-16-29-28(33)30(4)23-13-11-12-22(20-23)24-15-14-21(18-25(24)35-17-9-6-2)19-26(27(31)32)34-7-3/h11-15,18-20H,5-10,16-17H2,1-4H3,(H,29,33)(H,31,32)/b26-19-. The van der Waals surface area contributed by atoms with Gasteiger partial charge in [-0.15, -0.1) is 0 Å². The zero-order valence-corrected chi connectivity index (χ0v) is 21.3. The van der Waals surface area contributed by atoms with Gasteiger partial charge in [0.15, 0.2) is 0 Å². The molecule has 0 saturated carbocycles. The number of carbonyl (C=O) groups excluding carboxylic acids is 1. The first kappa shape index (κ1) is 27.8. The zero-order chi connectivity index (χ0) is 25.6. The molecule has 0 unspecified atom stereocenters. The lowest BCUT2D eigenvalue weighted by molar-refractivity contribution is -0.136. The first-order valence-electron chi connectivity index (χ1n) is 12.4. The summed E-state index contributed by atoms with van der Waals surface area (Å²) in [5.41, 5.74) is 3.21. The van der Waals surface area contributed by atoms with E-state index in [0.29, 0.717) is 24.5 Å². The molecule has 0 atom stereocenters. The van der Waals surface area contributed by atoms with Gasteiger partial charge in [-0.05, 0) is 55.2 Å². The molecule has 0 aliphatic rings. The number of carboxylic acids is 1. The van der Waals surface area contributed by atoms with Gasteiger partial charge in [-0.3, -0.25) is 4.90 Å². The Morgan fingerprint density at radius 3 is 2.49 bits per heavy atom. The van der Waals surface area contributed by atoms with E-state index in [4.69, 9.17) is 9.47 Å². The number of ether oxygens (including phenoxy) is 2. The molecule has 0 spiro atoms. The summed E-state index contributed by atoms with van der Waals surface area (Å²) in [5.74, 6) is -0.585. The molecule has 35 heavy (non-hydrogen) atoms. The third-order valence-corrected chi connectivity index (χ3v) is 5.48. The van der Waals surface area contributed by atoms with E-state index in [1.165, 1.54) is 6.08 Å². The van der Waals surface area contributed by atoms with E-state index < -0.39 is 5.97 Å². The van der Waals surface area contributed by atoms with Gasteiger partial charge in [-0.25, -0.2) is 9.59 Å². The van der Waals surface area contributed by atoms with E-state index in [1.807, 2.05) is 42.5 Å². The number of amides is 2. The molecule has 190 valence electrons. The lowest BCUT2D eigenvalue weighted by Gasteiger charge is -2.20. The van der Waals surface area contributed by atoms with Crippen molar-refractivity contribution in [1.82, 2.24) is 5.32 Å². The third-order valence-electron chi connectivity index (χ3n) is 5.48. The number of rotatable bonds is 14. The molecular formula is C28H38N2O5. The summed E-state index contributed by atoms with van der Waals surface area (Å²) in [7, 11) is 1.75. The Hall–Kier alpha value is -3.48. The average molecular weight is 483 g/mol. The Morgan fingerprint density at radius 1 is 1.03 bits per heavy atom. The van der Waals surface area contributed by atoms with Gasteiger partial charge in [0.25, 0.3) is 0 Å². The van der Waals surface area contributed by atoms with Gasteiger partial charge in [0.1, 0.15) is 5.75 Å². The fraction of sp³-hybridized carbons (Fsp3) is 0.429. The number of aliphatic carboxylic acids is 1. The maximum atomic E-state index is 12.6. The van der Waals surface area contributed by atoms with Gasteiger partial charge in [0.2, 0.25) is 5.76 Å². The molecule has 0 aliphatic heterocycles. The summed E-state index contributed by atoms with van der Waals surface area (Å²) in [6, 6.07) is 13.1. The lowest BCUT2D eigenvalue weighted by Crippen LogP contribution is -2.37. The Bertz CT molecular complexity index is 1000. The van der Waals surface area contributed by atoms with Crippen LogP contribution in [0, 0.1) is 0 Å².